The van der Waals surface area contributed by atoms with Crippen LogP contribution in [0.4, 0.5) is 13.2 Å². The number of ether oxygens (including phenoxy) is 4. The van der Waals surface area contributed by atoms with Gasteiger partial charge in [-0.1, -0.05) is 18.2 Å². The molecule has 0 saturated carbocycles. The highest BCUT2D eigenvalue weighted by atomic mass is 19.4. The van der Waals surface area contributed by atoms with E-state index in [0.29, 0.717) is 49.2 Å². The molecular formula is C26H26F3NO4. The number of hydrogen-bond acceptors (Lipinski definition) is 5. The van der Waals surface area contributed by atoms with Crippen molar-refractivity contribution in [2.24, 2.45) is 0 Å². The van der Waals surface area contributed by atoms with Gasteiger partial charge in [-0.2, -0.15) is 13.2 Å². The topological polar surface area (TPSA) is 40.2 Å². The minimum absolute atomic E-state index is 0.432. The van der Waals surface area contributed by atoms with Crippen molar-refractivity contribution in [3.8, 4) is 34.1 Å². The lowest BCUT2D eigenvalue weighted by Crippen LogP contribution is -2.25. The molecule has 0 radical (unpaired) electrons. The number of hydrogen-bond donors (Lipinski definition) is 0. The van der Waals surface area contributed by atoms with Gasteiger partial charge in [-0.05, 0) is 47.5 Å². The van der Waals surface area contributed by atoms with Crippen LogP contribution >= 0.6 is 0 Å². The number of fused-ring (bicyclic) bond motifs is 1. The molecule has 0 amide bonds. The Hall–Kier alpha value is -3.39. The number of methoxy groups -OCH3 is 3. The third-order valence-electron chi connectivity index (χ3n) is 5.80. The predicted octanol–water partition coefficient (Wildman–Crippen LogP) is 5.79. The van der Waals surface area contributed by atoms with Gasteiger partial charge in [0.05, 0.1) is 32.5 Å². The molecule has 34 heavy (non-hydrogen) atoms. The summed E-state index contributed by atoms with van der Waals surface area (Å²) in [5.74, 6) is 2.59. The first-order chi connectivity index (χ1) is 16.3. The molecule has 3 aromatic carbocycles. The summed E-state index contributed by atoms with van der Waals surface area (Å²) in [5, 5.41) is 0. The van der Waals surface area contributed by atoms with Gasteiger partial charge < -0.3 is 18.9 Å². The number of nitrogens with zero attached hydrogens (tertiary/aromatic N) is 1. The fraction of sp³-hybridized carbons (Fsp3) is 0.308. The first kappa shape index (κ1) is 23.8. The molecule has 0 aromatic heterocycles. The number of alkyl halides is 3. The number of halogens is 3. The SMILES string of the molecule is COc1cc(-c2c(OC)cccc2OC)cc2c1OCCN(Cc1ccc(C(F)(F)F)cc1)C2. The fourth-order valence-electron chi connectivity index (χ4n) is 4.16. The maximum atomic E-state index is 12.9. The summed E-state index contributed by atoms with van der Waals surface area (Å²) in [4.78, 5) is 2.14. The second-order valence-electron chi connectivity index (χ2n) is 7.96. The highest BCUT2D eigenvalue weighted by molar-refractivity contribution is 5.79. The van der Waals surface area contributed by atoms with Crippen molar-refractivity contribution in [3.05, 3.63) is 71.3 Å². The molecule has 0 spiro atoms. The van der Waals surface area contributed by atoms with Gasteiger partial charge in [0.15, 0.2) is 11.5 Å². The Kier molecular flexibility index (Phi) is 6.88. The summed E-state index contributed by atoms with van der Waals surface area (Å²) in [5.41, 5.74) is 2.70. The van der Waals surface area contributed by atoms with Crippen LogP contribution in [0.25, 0.3) is 11.1 Å². The monoisotopic (exact) mass is 473 g/mol. The summed E-state index contributed by atoms with van der Waals surface area (Å²) in [7, 11) is 4.80. The third-order valence-corrected chi connectivity index (χ3v) is 5.80. The lowest BCUT2D eigenvalue weighted by Gasteiger charge is -2.21. The highest BCUT2D eigenvalue weighted by Gasteiger charge is 2.30. The standard InChI is InChI=1S/C26H26F3NO4/c1-31-21-5-4-6-22(32-2)24(21)18-13-19-16-30(11-12-34-25(19)23(14-18)33-3)15-17-7-9-20(10-8-17)26(27,28)29/h4-10,13-14H,11-12,15-16H2,1-3H3. The summed E-state index contributed by atoms with van der Waals surface area (Å²) in [6, 6.07) is 14.8. The van der Waals surface area contributed by atoms with Gasteiger partial charge in [-0.3, -0.25) is 4.90 Å². The third kappa shape index (κ3) is 4.92. The van der Waals surface area contributed by atoms with Crippen LogP contribution in [0, 0.1) is 0 Å². The lowest BCUT2D eigenvalue weighted by atomic mass is 9.99. The van der Waals surface area contributed by atoms with E-state index in [1.165, 1.54) is 12.1 Å². The second-order valence-corrected chi connectivity index (χ2v) is 7.96. The zero-order valence-corrected chi connectivity index (χ0v) is 19.2. The Morgan fingerprint density at radius 2 is 1.53 bits per heavy atom. The van der Waals surface area contributed by atoms with E-state index in [1.807, 2.05) is 30.3 Å². The van der Waals surface area contributed by atoms with Crippen LogP contribution in [0.1, 0.15) is 16.7 Å². The lowest BCUT2D eigenvalue weighted by molar-refractivity contribution is -0.137. The smallest absolute Gasteiger partial charge is 0.416 e. The van der Waals surface area contributed by atoms with Crippen LogP contribution in [0.5, 0.6) is 23.0 Å². The molecule has 0 atom stereocenters. The maximum absolute atomic E-state index is 12.9. The van der Waals surface area contributed by atoms with E-state index in [2.05, 4.69) is 4.90 Å². The molecule has 5 nitrogen and oxygen atoms in total. The van der Waals surface area contributed by atoms with Gasteiger partial charge >= 0.3 is 6.18 Å². The minimum Gasteiger partial charge on any atom is -0.496 e. The molecule has 0 fully saturated rings. The molecule has 180 valence electrons. The summed E-state index contributed by atoms with van der Waals surface area (Å²) in [6.07, 6.45) is -4.35. The predicted molar refractivity (Wildman–Crippen MR) is 123 cm³/mol. The van der Waals surface area contributed by atoms with Crippen LogP contribution in [0.2, 0.25) is 0 Å². The van der Waals surface area contributed by atoms with Crippen molar-refractivity contribution in [1.29, 1.82) is 0 Å². The van der Waals surface area contributed by atoms with Gasteiger partial charge in [-0.15, -0.1) is 0 Å². The van der Waals surface area contributed by atoms with Crippen molar-refractivity contribution >= 4 is 0 Å². The number of rotatable bonds is 6. The van der Waals surface area contributed by atoms with Gasteiger partial charge in [0, 0.05) is 25.2 Å². The fourth-order valence-corrected chi connectivity index (χ4v) is 4.16. The summed E-state index contributed by atoms with van der Waals surface area (Å²) < 4.78 is 61.5. The van der Waals surface area contributed by atoms with E-state index in [1.54, 1.807) is 21.3 Å². The molecule has 8 heteroatoms. The maximum Gasteiger partial charge on any atom is 0.416 e. The Labute approximate surface area is 196 Å². The molecule has 0 bridgehead atoms. The quantitative estimate of drug-likeness (QED) is 0.453. The Balaban J connectivity index is 1.67. The molecule has 4 rings (SSSR count). The van der Waals surface area contributed by atoms with E-state index < -0.39 is 11.7 Å². The van der Waals surface area contributed by atoms with E-state index >= 15 is 0 Å². The molecule has 1 heterocycles. The molecule has 3 aromatic rings. The van der Waals surface area contributed by atoms with E-state index in [9.17, 15) is 13.2 Å². The van der Waals surface area contributed by atoms with Crippen LogP contribution < -0.4 is 18.9 Å². The molecule has 0 N–H and O–H groups in total. The van der Waals surface area contributed by atoms with Crippen LogP contribution in [-0.4, -0.2) is 39.4 Å². The largest absolute Gasteiger partial charge is 0.496 e. The number of benzene rings is 3. The zero-order valence-electron chi connectivity index (χ0n) is 19.2. The Morgan fingerprint density at radius 3 is 2.12 bits per heavy atom. The van der Waals surface area contributed by atoms with Crippen LogP contribution in [0.3, 0.4) is 0 Å². The Bertz CT molecular complexity index is 1120. The van der Waals surface area contributed by atoms with Crippen molar-refractivity contribution < 1.29 is 32.1 Å². The molecule has 0 unspecified atom stereocenters. The van der Waals surface area contributed by atoms with Gasteiger partial charge in [0.1, 0.15) is 18.1 Å². The average molecular weight is 473 g/mol. The van der Waals surface area contributed by atoms with Crippen LogP contribution in [-0.2, 0) is 19.3 Å². The van der Waals surface area contributed by atoms with E-state index in [4.69, 9.17) is 18.9 Å². The Morgan fingerprint density at radius 1 is 0.882 bits per heavy atom. The van der Waals surface area contributed by atoms with E-state index in [0.717, 1.165) is 34.4 Å². The first-order valence-electron chi connectivity index (χ1n) is 10.8. The highest BCUT2D eigenvalue weighted by Crippen LogP contribution is 2.44. The van der Waals surface area contributed by atoms with E-state index in [-0.39, 0.29) is 0 Å². The van der Waals surface area contributed by atoms with Gasteiger partial charge in [0.2, 0.25) is 0 Å². The molecule has 1 aliphatic rings. The average Bonchev–Trinajstić information content (AvgIpc) is 3.04. The van der Waals surface area contributed by atoms with Crippen molar-refractivity contribution in [2.75, 3.05) is 34.5 Å². The minimum atomic E-state index is -4.35. The summed E-state index contributed by atoms with van der Waals surface area (Å²) in [6.45, 7) is 2.08. The molecule has 1 aliphatic heterocycles. The van der Waals surface area contributed by atoms with Crippen molar-refractivity contribution in [3.63, 3.8) is 0 Å². The molecular weight excluding hydrogens is 447 g/mol. The van der Waals surface area contributed by atoms with Crippen LogP contribution in [0.15, 0.2) is 54.6 Å². The van der Waals surface area contributed by atoms with Gasteiger partial charge in [0.25, 0.3) is 0 Å². The normalized spacial score (nSPS) is 14.1. The zero-order chi connectivity index (χ0) is 24.3. The van der Waals surface area contributed by atoms with Crippen molar-refractivity contribution in [2.45, 2.75) is 19.3 Å². The first-order valence-corrected chi connectivity index (χ1v) is 10.8. The second kappa shape index (κ2) is 9.85. The molecule has 0 saturated heterocycles. The van der Waals surface area contributed by atoms with Gasteiger partial charge in [-0.25, -0.2) is 0 Å². The van der Waals surface area contributed by atoms with Crippen molar-refractivity contribution in [1.82, 2.24) is 4.90 Å². The summed E-state index contributed by atoms with van der Waals surface area (Å²) >= 11 is 0. The molecule has 0 aliphatic carbocycles.